The Bertz CT molecular complexity index is 1180. The number of nitrogens with two attached hydrogens (primary N) is 1. The summed E-state index contributed by atoms with van der Waals surface area (Å²) in [5.41, 5.74) is 4.71. The molecule has 0 aliphatic carbocycles. The predicted molar refractivity (Wildman–Crippen MR) is 113 cm³/mol. The molecule has 0 saturated carbocycles. The zero-order valence-corrected chi connectivity index (χ0v) is 17.7. The molecule has 182 valence electrons. The van der Waals surface area contributed by atoms with Crippen molar-refractivity contribution in [1.82, 2.24) is 5.16 Å². The summed E-state index contributed by atoms with van der Waals surface area (Å²) >= 11 is 0. The van der Waals surface area contributed by atoms with Crippen molar-refractivity contribution in [1.29, 1.82) is 0 Å². The maximum Gasteiger partial charge on any atom is 0.419 e. The number of alkyl halides is 3. The fraction of sp³-hybridized carbons (Fsp3) is 0.286. The Balaban J connectivity index is 1.54. The van der Waals surface area contributed by atoms with Crippen molar-refractivity contribution in [2.75, 3.05) is 29.1 Å². The summed E-state index contributed by atoms with van der Waals surface area (Å²) in [6.07, 6.45) is -7.17. The van der Waals surface area contributed by atoms with Crippen molar-refractivity contribution < 1.29 is 41.5 Å². The Labute approximate surface area is 190 Å². The third-order valence-electron chi connectivity index (χ3n) is 4.91. The summed E-state index contributed by atoms with van der Waals surface area (Å²) in [7, 11) is 0. The van der Waals surface area contributed by atoms with E-state index in [0.717, 1.165) is 11.0 Å². The van der Waals surface area contributed by atoms with E-state index in [-0.39, 0.29) is 24.7 Å². The summed E-state index contributed by atoms with van der Waals surface area (Å²) in [6.45, 7) is 1.04. The van der Waals surface area contributed by atoms with Crippen LogP contribution >= 0.6 is 0 Å². The zero-order valence-electron chi connectivity index (χ0n) is 17.7. The number of aliphatic hydroxyl groups excluding tert-OH is 1. The molecule has 0 aliphatic rings. The van der Waals surface area contributed by atoms with Gasteiger partial charge in [-0.25, -0.2) is 4.39 Å². The highest BCUT2D eigenvalue weighted by Crippen LogP contribution is 2.33. The predicted octanol–water partition coefficient (Wildman–Crippen LogP) is 2.94. The lowest BCUT2D eigenvalue weighted by Gasteiger charge is -2.22. The van der Waals surface area contributed by atoms with E-state index in [1.165, 1.54) is 19.1 Å². The van der Waals surface area contributed by atoms with Crippen molar-refractivity contribution >= 4 is 40.5 Å². The number of ether oxygens (including phenoxy) is 1. The lowest BCUT2D eigenvalue weighted by molar-refractivity contribution is -0.140. The minimum absolute atomic E-state index is 0.113. The van der Waals surface area contributed by atoms with Gasteiger partial charge in [0.05, 0.1) is 23.7 Å². The van der Waals surface area contributed by atoms with Gasteiger partial charge in [-0.1, -0.05) is 5.16 Å². The minimum Gasteiger partial charge on any atom is -0.381 e. The van der Waals surface area contributed by atoms with Crippen LogP contribution in [0.1, 0.15) is 12.5 Å². The van der Waals surface area contributed by atoms with Gasteiger partial charge in [-0.15, -0.1) is 0 Å². The number of aromatic nitrogens is 1. The molecule has 0 radical (unpaired) electrons. The number of benzene rings is 2. The third kappa shape index (κ3) is 5.61. The van der Waals surface area contributed by atoms with Gasteiger partial charge in [0, 0.05) is 24.0 Å². The Morgan fingerprint density at radius 2 is 2.06 bits per heavy atom. The van der Waals surface area contributed by atoms with Gasteiger partial charge in [0.25, 0.3) is 5.91 Å². The van der Waals surface area contributed by atoms with E-state index in [1.807, 2.05) is 0 Å². The smallest absolute Gasteiger partial charge is 0.381 e. The first-order valence-corrected chi connectivity index (χ1v) is 9.85. The van der Waals surface area contributed by atoms with Gasteiger partial charge in [0.15, 0.2) is 17.5 Å². The molecule has 1 aromatic heterocycles. The van der Waals surface area contributed by atoms with Gasteiger partial charge < -0.3 is 30.3 Å². The number of rotatable bonds is 9. The van der Waals surface area contributed by atoms with Crippen LogP contribution in [0.5, 0.6) is 0 Å². The number of anilines is 3. The van der Waals surface area contributed by atoms with Crippen LogP contribution in [0.3, 0.4) is 0 Å². The second kappa shape index (κ2) is 10.1. The van der Waals surface area contributed by atoms with Gasteiger partial charge in [0.1, 0.15) is 5.82 Å². The third-order valence-corrected chi connectivity index (χ3v) is 4.91. The Morgan fingerprint density at radius 3 is 2.71 bits per heavy atom. The van der Waals surface area contributed by atoms with E-state index in [2.05, 4.69) is 10.5 Å². The number of halogens is 4. The van der Waals surface area contributed by atoms with Gasteiger partial charge in [-0.05, 0) is 37.3 Å². The molecule has 1 unspecified atom stereocenters. The number of hydrogen-bond donors (Lipinski definition) is 3. The lowest BCUT2D eigenvalue weighted by Crippen LogP contribution is -2.39. The van der Waals surface area contributed by atoms with Crippen LogP contribution in [0.4, 0.5) is 34.8 Å². The van der Waals surface area contributed by atoms with Crippen molar-refractivity contribution in [3.8, 4) is 0 Å². The summed E-state index contributed by atoms with van der Waals surface area (Å²) in [4.78, 5) is 24.5. The Morgan fingerprint density at radius 1 is 1.32 bits per heavy atom. The number of aliphatic hydroxyl groups is 1. The number of nitrogens with zero attached hydrogens (tertiary/aromatic N) is 2. The number of hydrogen-bond acceptors (Lipinski definition) is 7. The fourth-order valence-electron chi connectivity index (χ4n) is 3.05. The van der Waals surface area contributed by atoms with Crippen LogP contribution in [0.25, 0.3) is 11.0 Å². The lowest BCUT2D eigenvalue weighted by atomic mass is 10.1. The van der Waals surface area contributed by atoms with Crippen LogP contribution in [0, 0.1) is 5.82 Å². The van der Waals surface area contributed by atoms with Crippen LogP contribution in [0.15, 0.2) is 40.9 Å². The molecule has 3 aromatic rings. The molecule has 34 heavy (non-hydrogen) atoms. The SMILES string of the molecule is C[C@H](OCCN(C=O)c1ccc(C(F)(F)F)c(F)c1)C(O)C(=O)Nc1ccc2c(N)noc2c1. The normalized spacial score (nSPS) is 13.5. The van der Waals surface area contributed by atoms with Gasteiger partial charge in [-0.2, -0.15) is 13.2 Å². The van der Waals surface area contributed by atoms with E-state index < -0.39 is 35.7 Å². The average molecular weight is 484 g/mol. The Kier molecular flexibility index (Phi) is 7.37. The summed E-state index contributed by atoms with van der Waals surface area (Å²) in [5, 5.41) is 16.9. The summed E-state index contributed by atoms with van der Waals surface area (Å²) < 4.78 is 62.2. The monoisotopic (exact) mass is 484 g/mol. The van der Waals surface area contributed by atoms with E-state index in [0.29, 0.717) is 35.2 Å². The van der Waals surface area contributed by atoms with Gasteiger partial charge in [-0.3, -0.25) is 9.59 Å². The standard InChI is InChI=1S/C21H20F4N4O5/c1-11(18(31)20(32)27-12-2-4-14-17(8-12)34-28-19(14)26)33-7-6-29(10-30)13-3-5-15(16(22)9-13)21(23,24)25/h2-5,8-11,18,31H,6-7H2,1H3,(H2,26,28)(H,27,32)/t11-,18?/m0/s1. The number of nitrogen functional groups attached to an aromatic ring is 1. The summed E-state index contributed by atoms with van der Waals surface area (Å²) in [6, 6.07) is 6.66. The minimum atomic E-state index is -4.86. The van der Waals surface area contributed by atoms with E-state index in [1.54, 1.807) is 6.07 Å². The molecule has 2 amide bonds. The number of carbonyl (C=O) groups is 2. The molecule has 1 heterocycles. The number of carbonyl (C=O) groups excluding carboxylic acids is 2. The molecular formula is C21H20F4N4O5. The van der Waals surface area contributed by atoms with Crippen molar-refractivity contribution in [2.24, 2.45) is 0 Å². The van der Waals surface area contributed by atoms with E-state index in [4.69, 9.17) is 15.0 Å². The molecule has 0 bridgehead atoms. The first kappa shape index (κ1) is 24.9. The first-order valence-electron chi connectivity index (χ1n) is 9.85. The molecule has 0 spiro atoms. The van der Waals surface area contributed by atoms with Gasteiger partial charge >= 0.3 is 6.18 Å². The van der Waals surface area contributed by atoms with Gasteiger partial charge in [0.2, 0.25) is 6.41 Å². The first-order chi connectivity index (χ1) is 16.0. The summed E-state index contributed by atoms with van der Waals surface area (Å²) in [5.74, 6) is -2.11. The number of amides is 2. The highest BCUT2D eigenvalue weighted by Gasteiger charge is 2.34. The van der Waals surface area contributed by atoms with Crippen molar-refractivity contribution in [2.45, 2.75) is 25.3 Å². The Hall–Kier alpha value is -3.71. The molecular weight excluding hydrogens is 464 g/mol. The highest BCUT2D eigenvalue weighted by molar-refractivity contribution is 5.97. The molecule has 4 N–H and O–H groups in total. The van der Waals surface area contributed by atoms with E-state index in [9.17, 15) is 32.3 Å². The second-order valence-electron chi connectivity index (χ2n) is 7.25. The van der Waals surface area contributed by atoms with E-state index >= 15 is 0 Å². The molecule has 0 saturated heterocycles. The molecule has 0 fully saturated rings. The van der Waals surface area contributed by atoms with Crippen LogP contribution in [0.2, 0.25) is 0 Å². The molecule has 0 aliphatic heterocycles. The maximum atomic E-state index is 13.8. The fourth-order valence-corrected chi connectivity index (χ4v) is 3.05. The van der Waals surface area contributed by atoms with Crippen LogP contribution < -0.4 is 16.0 Å². The average Bonchev–Trinajstić information content (AvgIpc) is 3.15. The number of fused-ring (bicyclic) bond motifs is 1. The molecule has 3 rings (SSSR count). The molecule has 13 heteroatoms. The highest BCUT2D eigenvalue weighted by atomic mass is 19.4. The quantitative estimate of drug-likeness (QED) is 0.314. The van der Waals surface area contributed by atoms with Crippen molar-refractivity contribution in [3.63, 3.8) is 0 Å². The molecule has 2 aromatic carbocycles. The molecule has 2 atom stereocenters. The molecule has 9 nitrogen and oxygen atoms in total. The zero-order chi connectivity index (χ0) is 25.0. The van der Waals surface area contributed by atoms with Crippen molar-refractivity contribution in [3.05, 3.63) is 47.8 Å². The second-order valence-corrected chi connectivity index (χ2v) is 7.25. The topological polar surface area (TPSA) is 131 Å². The van der Waals surface area contributed by atoms with Crippen LogP contribution in [-0.4, -0.2) is 47.9 Å². The largest absolute Gasteiger partial charge is 0.419 e. The van der Waals surface area contributed by atoms with Crippen LogP contribution in [-0.2, 0) is 20.5 Å². The maximum absolute atomic E-state index is 13.8. The number of nitrogens with one attached hydrogen (secondary N) is 1.